The highest BCUT2D eigenvalue weighted by atomic mass is 16.5. The van der Waals surface area contributed by atoms with E-state index in [1.54, 1.807) is 0 Å². The van der Waals surface area contributed by atoms with Crippen molar-refractivity contribution in [2.45, 2.75) is 85.5 Å². The zero-order chi connectivity index (χ0) is 15.5. The number of furan rings is 1. The molecule has 0 saturated carbocycles. The molecule has 1 heterocycles. The van der Waals surface area contributed by atoms with E-state index in [0.29, 0.717) is 12.7 Å². The SMILES string of the molecule is CCCCCCC(C)OCc1cc(CNCCC)oc1C. The van der Waals surface area contributed by atoms with E-state index in [9.17, 15) is 0 Å². The molecule has 1 unspecified atom stereocenters. The summed E-state index contributed by atoms with van der Waals surface area (Å²) in [6, 6.07) is 2.13. The Balaban J connectivity index is 2.27. The molecule has 0 amide bonds. The molecule has 0 aliphatic rings. The Kier molecular flexibility index (Phi) is 9.44. The Morgan fingerprint density at radius 2 is 2.00 bits per heavy atom. The van der Waals surface area contributed by atoms with Crippen molar-refractivity contribution in [2.75, 3.05) is 6.54 Å². The van der Waals surface area contributed by atoms with Gasteiger partial charge in [0, 0.05) is 5.56 Å². The number of hydrogen-bond donors (Lipinski definition) is 1. The second-order valence-electron chi connectivity index (χ2n) is 5.94. The van der Waals surface area contributed by atoms with Crippen LogP contribution in [-0.4, -0.2) is 12.6 Å². The van der Waals surface area contributed by atoms with Gasteiger partial charge in [-0.2, -0.15) is 0 Å². The molecular formula is C18H33NO2. The number of ether oxygens (including phenoxy) is 1. The number of aryl methyl sites for hydroxylation is 1. The molecule has 1 N–H and O–H groups in total. The number of unbranched alkanes of at least 4 members (excludes halogenated alkanes) is 3. The van der Waals surface area contributed by atoms with Gasteiger partial charge >= 0.3 is 0 Å². The van der Waals surface area contributed by atoms with Gasteiger partial charge in [-0.25, -0.2) is 0 Å². The molecule has 0 bridgehead atoms. The van der Waals surface area contributed by atoms with Gasteiger partial charge in [-0.15, -0.1) is 0 Å². The van der Waals surface area contributed by atoms with E-state index in [-0.39, 0.29) is 0 Å². The molecule has 1 rings (SSSR count). The summed E-state index contributed by atoms with van der Waals surface area (Å²) in [6.07, 6.45) is 7.85. The van der Waals surface area contributed by atoms with E-state index < -0.39 is 0 Å². The Bertz CT molecular complexity index is 373. The monoisotopic (exact) mass is 295 g/mol. The van der Waals surface area contributed by atoms with Crippen LogP contribution in [0, 0.1) is 6.92 Å². The average Bonchev–Trinajstić information content (AvgIpc) is 2.82. The van der Waals surface area contributed by atoms with Gasteiger partial charge in [0.1, 0.15) is 11.5 Å². The Morgan fingerprint density at radius 1 is 1.19 bits per heavy atom. The molecule has 21 heavy (non-hydrogen) atoms. The molecule has 3 heteroatoms. The van der Waals surface area contributed by atoms with Crippen molar-refractivity contribution in [1.82, 2.24) is 5.32 Å². The summed E-state index contributed by atoms with van der Waals surface area (Å²) in [7, 11) is 0. The second-order valence-corrected chi connectivity index (χ2v) is 5.94. The molecule has 1 aromatic rings. The molecule has 0 fully saturated rings. The van der Waals surface area contributed by atoms with Crippen LogP contribution in [0.25, 0.3) is 0 Å². The highest BCUT2D eigenvalue weighted by Gasteiger charge is 2.09. The normalized spacial score (nSPS) is 12.8. The molecule has 0 radical (unpaired) electrons. The first kappa shape index (κ1) is 18.2. The molecule has 0 aliphatic carbocycles. The van der Waals surface area contributed by atoms with Crippen molar-refractivity contribution >= 4 is 0 Å². The topological polar surface area (TPSA) is 34.4 Å². The quantitative estimate of drug-likeness (QED) is 0.553. The zero-order valence-corrected chi connectivity index (χ0v) is 14.3. The minimum absolute atomic E-state index is 0.331. The molecule has 0 aliphatic heterocycles. The highest BCUT2D eigenvalue weighted by Crippen LogP contribution is 2.17. The Labute approximate surface area is 130 Å². The summed E-state index contributed by atoms with van der Waals surface area (Å²) >= 11 is 0. The maximum absolute atomic E-state index is 5.95. The zero-order valence-electron chi connectivity index (χ0n) is 14.3. The van der Waals surface area contributed by atoms with Crippen LogP contribution in [0.2, 0.25) is 0 Å². The van der Waals surface area contributed by atoms with Gasteiger partial charge in [0.2, 0.25) is 0 Å². The van der Waals surface area contributed by atoms with Crippen LogP contribution in [0.15, 0.2) is 10.5 Å². The van der Waals surface area contributed by atoms with Crippen molar-refractivity contribution < 1.29 is 9.15 Å². The van der Waals surface area contributed by atoms with Gasteiger partial charge in [-0.3, -0.25) is 0 Å². The molecule has 0 spiro atoms. The van der Waals surface area contributed by atoms with Gasteiger partial charge in [0.25, 0.3) is 0 Å². The predicted octanol–water partition coefficient (Wildman–Crippen LogP) is 4.96. The lowest BCUT2D eigenvalue weighted by Crippen LogP contribution is -2.13. The summed E-state index contributed by atoms with van der Waals surface area (Å²) in [4.78, 5) is 0. The van der Waals surface area contributed by atoms with E-state index in [1.807, 2.05) is 6.92 Å². The van der Waals surface area contributed by atoms with Crippen molar-refractivity contribution in [3.05, 3.63) is 23.2 Å². The molecule has 0 saturated heterocycles. The minimum Gasteiger partial charge on any atom is -0.465 e. The van der Waals surface area contributed by atoms with Gasteiger partial charge in [-0.05, 0) is 39.3 Å². The summed E-state index contributed by atoms with van der Waals surface area (Å²) in [5.41, 5.74) is 1.18. The highest BCUT2D eigenvalue weighted by molar-refractivity contribution is 5.19. The Hall–Kier alpha value is -0.800. The summed E-state index contributed by atoms with van der Waals surface area (Å²) in [6.45, 7) is 11.1. The summed E-state index contributed by atoms with van der Waals surface area (Å²) in [5, 5.41) is 3.36. The molecule has 1 aromatic heterocycles. The van der Waals surface area contributed by atoms with Crippen molar-refractivity contribution in [2.24, 2.45) is 0 Å². The lowest BCUT2D eigenvalue weighted by Gasteiger charge is -2.12. The fraction of sp³-hybridized carbons (Fsp3) is 0.778. The van der Waals surface area contributed by atoms with Crippen LogP contribution < -0.4 is 5.32 Å². The molecule has 0 aromatic carbocycles. The first-order chi connectivity index (χ1) is 10.2. The van der Waals surface area contributed by atoms with E-state index in [4.69, 9.17) is 9.15 Å². The maximum atomic E-state index is 5.95. The van der Waals surface area contributed by atoms with E-state index in [0.717, 1.165) is 37.5 Å². The van der Waals surface area contributed by atoms with Gasteiger partial charge in [0.05, 0.1) is 19.3 Å². The first-order valence-electron chi connectivity index (χ1n) is 8.57. The van der Waals surface area contributed by atoms with Crippen LogP contribution in [0.3, 0.4) is 0 Å². The van der Waals surface area contributed by atoms with Gasteiger partial charge in [-0.1, -0.05) is 39.5 Å². The maximum Gasteiger partial charge on any atom is 0.118 e. The van der Waals surface area contributed by atoms with Crippen LogP contribution >= 0.6 is 0 Å². The molecule has 3 nitrogen and oxygen atoms in total. The van der Waals surface area contributed by atoms with Gasteiger partial charge < -0.3 is 14.5 Å². The van der Waals surface area contributed by atoms with Crippen molar-refractivity contribution in [3.8, 4) is 0 Å². The van der Waals surface area contributed by atoms with Crippen LogP contribution in [0.5, 0.6) is 0 Å². The first-order valence-corrected chi connectivity index (χ1v) is 8.57. The van der Waals surface area contributed by atoms with E-state index >= 15 is 0 Å². The Morgan fingerprint density at radius 3 is 2.71 bits per heavy atom. The largest absolute Gasteiger partial charge is 0.465 e. The van der Waals surface area contributed by atoms with E-state index in [2.05, 4.69) is 32.2 Å². The summed E-state index contributed by atoms with van der Waals surface area (Å²) in [5.74, 6) is 2.00. The van der Waals surface area contributed by atoms with Crippen LogP contribution in [0.1, 0.15) is 76.4 Å². The fourth-order valence-corrected chi connectivity index (χ4v) is 2.38. The third-order valence-electron chi connectivity index (χ3n) is 3.79. The fourth-order valence-electron chi connectivity index (χ4n) is 2.38. The van der Waals surface area contributed by atoms with Crippen LogP contribution in [0.4, 0.5) is 0 Å². The standard InChI is InChI=1S/C18H33NO2/c1-5-7-8-9-10-15(3)20-14-17-12-18(21-16(17)4)13-19-11-6-2/h12,15,19H,5-11,13-14H2,1-4H3. The lowest BCUT2D eigenvalue weighted by atomic mass is 10.1. The number of rotatable bonds is 12. The molecule has 122 valence electrons. The van der Waals surface area contributed by atoms with E-state index in [1.165, 1.54) is 31.2 Å². The smallest absolute Gasteiger partial charge is 0.118 e. The van der Waals surface area contributed by atoms with Crippen molar-refractivity contribution in [3.63, 3.8) is 0 Å². The van der Waals surface area contributed by atoms with Gasteiger partial charge in [0.15, 0.2) is 0 Å². The third-order valence-corrected chi connectivity index (χ3v) is 3.79. The predicted molar refractivity (Wildman–Crippen MR) is 88.5 cm³/mol. The number of hydrogen-bond acceptors (Lipinski definition) is 3. The second kappa shape index (κ2) is 10.9. The molecule has 1 atom stereocenters. The lowest BCUT2D eigenvalue weighted by molar-refractivity contribution is 0.0453. The number of nitrogens with one attached hydrogen (secondary N) is 1. The van der Waals surface area contributed by atoms with Crippen molar-refractivity contribution in [1.29, 1.82) is 0 Å². The third kappa shape index (κ3) is 7.68. The summed E-state index contributed by atoms with van der Waals surface area (Å²) < 4.78 is 11.7. The average molecular weight is 295 g/mol. The minimum atomic E-state index is 0.331. The van der Waals surface area contributed by atoms with Crippen LogP contribution in [-0.2, 0) is 17.9 Å². The molecular weight excluding hydrogens is 262 g/mol.